The summed E-state index contributed by atoms with van der Waals surface area (Å²) in [5.41, 5.74) is -0.351. The monoisotopic (exact) mass is 243 g/mol. The Bertz CT molecular complexity index is 381. The number of aliphatic hydroxyl groups is 1. The molecule has 1 aliphatic rings. The molecular weight excluding hydrogens is 234 g/mol. The lowest BCUT2D eigenvalue weighted by Crippen LogP contribution is -2.32. The Balaban J connectivity index is 2.51. The Morgan fingerprint density at radius 2 is 2.23 bits per heavy atom. The summed E-state index contributed by atoms with van der Waals surface area (Å²) in [4.78, 5) is 11.4. The molecule has 2 rings (SSSR count). The molecule has 0 bridgehead atoms. The molecule has 1 aliphatic carbocycles. The lowest BCUT2D eigenvalue weighted by molar-refractivity contribution is 0.210. The summed E-state index contributed by atoms with van der Waals surface area (Å²) in [6.45, 7) is 0.0450. The van der Waals surface area contributed by atoms with Crippen LogP contribution in [0.5, 0.6) is 0 Å². The first-order valence-corrected chi connectivity index (χ1v) is 4.97. The highest BCUT2D eigenvalue weighted by Crippen LogP contribution is 2.41. The van der Waals surface area contributed by atoms with Crippen LogP contribution in [-0.4, -0.2) is 16.3 Å². The van der Waals surface area contributed by atoms with Crippen LogP contribution in [0.15, 0.2) is 27.6 Å². The predicted octanol–water partition coefficient (Wildman–Crippen LogP) is 1.09. The van der Waals surface area contributed by atoms with Gasteiger partial charge in [-0.2, -0.15) is 0 Å². The van der Waals surface area contributed by atoms with E-state index in [1.807, 2.05) is 0 Å². The standard InChI is InChI=1S/C9H10BrNO2/c10-7-1-2-8(13)11(5-7)9(6-12)3-4-9/h1-2,5,12H,3-4,6H2. The molecule has 1 N–H and O–H groups in total. The van der Waals surface area contributed by atoms with Gasteiger partial charge in [-0.1, -0.05) is 0 Å². The second-order valence-electron chi connectivity index (χ2n) is 3.44. The van der Waals surface area contributed by atoms with Crippen molar-refractivity contribution in [1.29, 1.82) is 0 Å². The van der Waals surface area contributed by atoms with Crippen molar-refractivity contribution < 1.29 is 5.11 Å². The number of aliphatic hydroxyl groups excluding tert-OH is 1. The van der Waals surface area contributed by atoms with Crippen molar-refractivity contribution in [2.75, 3.05) is 6.61 Å². The third-order valence-electron chi connectivity index (χ3n) is 2.51. The van der Waals surface area contributed by atoms with E-state index in [1.54, 1.807) is 16.8 Å². The van der Waals surface area contributed by atoms with Crippen LogP contribution in [0.4, 0.5) is 0 Å². The van der Waals surface area contributed by atoms with E-state index in [2.05, 4.69) is 15.9 Å². The van der Waals surface area contributed by atoms with Gasteiger partial charge in [-0.15, -0.1) is 0 Å². The molecule has 1 fully saturated rings. The SMILES string of the molecule is O=c1ccc(Br)cn1C1(CO)CC1. The van der Waals surface area contributed by atoms with Gasteiger partial charge in [-0.25, -0.2) is 0 Å². The van der Waals surface area contributed by atoms with Gasteiger partial charge in [-0.05, 0) is 34.8 Å². The average Bonchev–Trinajstić information content (AvgIpc) is 2.90. The third kappa shape index (κ3) is 1.44. The number of halogens is 1. The van der Waals surface area contributed by atoms with E-state index in [4.69, 9.17) is 5.11 Å². The molecule has 0 aromatic carbocycles. The highest BCUT2D eigenvalue weighted by atomic mass is 79.9. The van der Waals surface area contributed by atoms with E-state index >= 15 is 0 Å². The van der Waals surface area contributed by atoms with E-state index < -0.39 is 0 Å². The summed E-state index contributed by atoms with van der Waals surface area (Å²) < 4.78 is 2.49. The minimum atomic E-state index is -0.305. The van der Waals surface area contributed by atoms with Crippen LogP contribution in [0.3, 0.4) is 0 Å². The Morgan fingerprint density at radius 1 is 1.54 bits per heavy atom. The first kappa shape index (κ1) is 8.97. The highest BCUT2D eigenvalue weighted by molar-refractivity contribution is 9.10. The van der Waals surface area contributed by atoms with Gasteiger partial charge in [-0.3, -0.25) is 4.79 Å². The van der Waals surface area contributed by atoms with Crippen LogP contribution >= 0.6 is 15.9 Å². The Morgan fingerprint density at radius 3 is 2.77 bits per heavy atom. The molecular formula is C9H10BrNO2. The predicted molar refractivity (Wildman–Crippen MR) is 52.7 cm³/mol. The smallest absolute Gasteiger partial charge is 0.251 e. The van der Waals surface area contributed by atoms with Gasteiger partial charge in [0.05, 0.1) is 12.1 Å². The molecule has 1 aromatic heterocycles. The van der Waals surface area contributed by atoms with Gasteiger partial charge in [0.15, 0.2) is 0 Å². The van der Waals surface area contributed by atoms with Crippen LogP contribution in [0.2, 0.25) is 0 Å². The van der Waals surface area contributed by atoms with Gasteiger partial charge < -0.3 is 9.67 Å². The van der Waals surface area contributed by atoms with Gasteiger partial charge >= 0.3 is 0 Å². The summed E-state index contributed by atoms with van der Waals surface area (Å²) in [6, 6.07) is 3.23. The minimum Gasteiger partial charge on any atom is -0.394 e. The Kier molecular flexibility index (Phi) is 2.04. The molecule has 0 unspecified atom stereocenters. The maximum atomic E-state index is 11.4. The fraction of sp³-hybridized carbons (Fsp3) is 0.444. The number of hydrogen-bond donors (Lipinski definition) is 1. The number of nitrogens with zero attached hydrogens (tertiary/aromatic N) is 1. The minimum absolute atomic E-state index is 0.0450. The van der Waals surface area contributed by atoms with Crippen molar-refractivity contribution in [3.05, 3.63) is 33.2 Å². The van der Waals surface area contributed by atoms with Crippen molar-refractivity contribution in [2.24, 2.45) is 0 Å². The Labute approximate surface area is 84.1 Å². The molecule has 4 heteroatoms. The van der Waals surface area contributed by atoms with Crippen LogP contribution in [0, 0.1) is 0 Å². The second kappa shape index (κ2) is 2.96. The molecule has 3 nitrogen and oxygen atoms in total. The fourth-order valence-electron chi connectivity index (χ4n) is 1.45. The van der Waals surface area contributed by atoms with E-state index in [0.29, 0.717) is 0 Å². The second-order valence-corrected chi connectivity index (χ2v) is 4.35. The molecule has 70 valence electrons. The van der Waals surface area contributed by atoms with E-state index in [-0.39, 0.29) is 17.7 Å². The fourth-order valence-corrected chi connectivity index (χ4v) is 1.79. The third-order valence-corrected chi connectivity index (χ3v) is 2.98. The average molecular weight is 244 g/mol. The lowest BCUT2D eigenvalue weighted by Gasteiger charge is -2.15. The summed E-state index contributed by atoms with van der Waals surface area (Å²) in [5.74, 6) is 0. The summed E-state index contributed by atoms with van der Waals surface area (Å²) >= 11 is 3.30. The normalized spacial score (nSPS) is 18.6. The first-order chi connectivity index (χ1) is 6.18. The van der Waals surface area contributed by atoms with Gasteiger partial charge in [0.25, 0.3) is 5.56 Å². The first-order valence-electron chi connectivity index (χ1n) is 4.17. The largest absolute Gasteiger partial charge is 0.394 e. The van der Waals surface area contributed by atoms with E-state index in [0.717, 1.165) is 17.3 Å². The van der Waals surface area contributed by atoms with Crippen molar-refractivity contribution in [1.82, 2.24) is 4.57 Å². The highest BCUT2D eigenvalue weighted by Gasteiger charge is 2.44. The molecule has 13 heavy (non-hydrogen) atoms. The number of aromatic nitrogens is 1. The molecule has 0 amide bonds. The molecule has 0 aliphatic heterocycles. The lowest BCUT2D eigenvalue weighted by atomic mass is 10.3. The maximum Gasteiger partial charge on any atom is 0.251 e. The van der Waals surface area contributed by atoms with Gasteiger partial charge in [0.1, 0.15) is 0 Å². The van der Waals surface area contributed by atoms with Crippen LogP contribution in [0.25, 0.3) is 0 Å². The topological polar surface area (TPSA) is 42.2 Å². The molecule has 0 atom stereocenters. The zero-order chi connectivity index (χ0) is 9.47. The molecule has 1 aromatic rings. The number of pyridine rings is 1. The molecule has 0 radical (unpaired) electrons. The quantitative estimate of drug-likeness (QED) is 0.846. The number of hydrogen-bond acceptors (Lipinski definition) is 2. The number of rotatable bonds is 2. The van der Waals surface area contributed by atoms with Gasteiger partial charge in [0, 0.05) is 16.7 Å². The zero-order valence-electron chi connectivity index (χ0n) is 7.03. The van der Waals surface area contributed by atoms with E-state index in [9.17, 15) is 4.79 Å². The molecule has 0 saturated heterocycles. The maximum absolute atomic E-state index is 11.4. The van der Waals surface area contributed by atoms with Crippen LogP contribution in [0.1, 0.15) is 12.8 Å². The molecule has 1 heterocycles. The van der Waals surface area contributed by atoms with Crippen LogP contribution in [-0.2, 0) is 5.54 Å². The zero-order valence-corrected chi connectivity index (χ0v) is 8.62. The van der Waals surface area contributed by atoms with Crippen molar-refractivity contribution in [3.63, 3.8) is 0 Å². The molecule has 0 spiro atoms. The molecule has 1 saturated carbocycles. The summed E-state index contributed by atoms with van der Waals surface area (Å²) in [7, 11) is 0. The van der Waals surface area contributed by atoms with E-state index in [1.165, 1.54) is 6.07 Å². The van der Waals surface area contributed by atoms with Crippen LogP contribution < -0.4 is 5.56 Å². The van der Waals surface area contributed by atoms with Crippen molar-refractivity contribution in [3.8, 4) is 0 Å². The van der Waals surface area contributed by atoms with Crippen molar-refractivity contribution >= 4 is 15.9 Å². The summed E-state index contributed by atoms with van der Waals surface area (Å²) in [6.07, 6.45) is 3.52. The van der Waals surface area contributed by atoms with Crippen molar-refractivity contribution in [2.45, 2.75) is 18.4 Å². The Hall–Kier alpha value is -0.610. The summed E-state index contributed by atoms with van der Waals surface area (Å²) in [5, 5.41) is 9.15. The van der Waals surface area contributed by atoms with Gasteiger partial charge in [0.2, 0.25) is 0 Å².